The highest BCUT2D eigenvalue weighted by molar-refractivity contribution is 5.85. The van der Waals surface area contributed by atoms with Crippen molar-refractivity contribution in [1.82, 2.24) is 15.3 Å². The standard InChI is InChI=1S/C18H24N4O3/c1-12-10-14(13(2)25-12)18(3,24)11-21-16(23)15-6-4-9-22(15)17-19-7-5-8-20-17/h5,7-8,10,15,24H,4,6,9,11H2,1-3H3,(H,21,23)/t15-,18-/m0/s1. The molecule has 7 nitrogen and oxygen atoms in total. The van der Waals surface area contributed by atoms with Crippen LogP contribution in [0.5, 0.6) is 0 Å². The molecule has 1 amide bonds. The van der Waals surface area contributed by atoms with Gasteiger partial charge in [-0.1, -0.05) is 0 Å². The van der Waals surface area contributed by atoms with Gasteiger partial charge in [0, 0.05) is 24.5 Å². The molecule has 2 aromatic heterocycles. The zero-order valence-electron chi connectivity index (χ0n) is 14.8. The molecule has 2 aromatic rings. The average molecular weight is 344 g/mol. The van der Waals surface area contributed by atoms with Crippen LogP contribution in [-0.2, 0) is 10.4 Å². The third-order valence-electron chi connectivity index (χ3n) is 4.59. The summed E-state index contributed by atoms with van der Waals surface area (Å²) in [7, 11) is 0. The molecule has 1 fully saturated rings. The maximum absolute atomic E-state index is 12.7. The van der Waals surface area contributed by atoms with E-state index in [0.717, 1.165) is 25.1 Å². The molecular formula is C18H24N4O3. The fraction of sp³-hybridized carbons (Fsp3) is 0.500. The van der Waals surface area contributed by atoms with Gasteiger partial charge < -0.3 is 19.7 Å². The molecular weight excluding hydrogens is 320 g/mol. The number of anilines is 1. The van der Waals surface area contributed by atoms with E-state index < -0.39 is 5.60 Å². The van der Waals surface area contributed by atoms with Crippen LogP contribution in [0.15, 0.2) is 28.9 Å². The van der Waals surface area contributed by atoms with Gasteiger partial charge in [-0.05, 0) is 45.7 Å². The van der Waals surface area contributed by atoms with Gasteiger partial charge in [-0.3, -0.25) is 4.79 Å². The zero-order valence-corrected chi connectivity index (χ0v) is 14.8. The van der Waals surface area contributed by atoms with Gasteiger partial charge in [-0.2, -0.15) is 0 Å². The summed E-state index contributed by atoms with van der Waals surface area (Å²) in [6, 6.07) is 3.24. The number of aromatic nitrogens is 2. The molecule has 134 valence electrons. The Labute approximate surface area is 147 Å². The van der Waals surface area contributed by atoms with Crippen molar-refractivity contribution in [1.29, 1.82) is 0 Å². The van der Waals surface area contributed by atoms with E-state index in [0.29, 0.717) is 17.3 Å². The van der Waals surface area contributed by atoms with Crippen LogP contribution in [0.1, 0.15) is 36.8 Å². The summed E-state index contributed by atoms with van der Waals surface area (Å²) in [5.74, 6) is 1.84. The first-order valence-corrected chi connectivity index (χ1v) is 8.50. The number of carbonyl (C=O) groups excluding carboxylic acids is 1. The fourth-order valence-corrected chi connectivity index (χ4v) is 3.36. The van der Waals surface area contributed by atoms with Crippen LogP contribution in [0.4, 0.5) is 5.95 Å². The van der Waals surface area contributed by atoms with Crippen LogP contribution in [0.25, 0.3) is 0 Å². The first kappa shape index (κ1) is 17.4. The van der Waals surface area contributed by atoms with Gasteiger partial charge in [0.25, 0.3) is 0 Å². The number of nitrogens with one attached hydrogen (secondary N) is 1. The molecule has 0 saturated carbocycles. The van der Waals surface area contributed by atoms with E-state index >= 15 is 0 Å². The van der Waals surface area contributed by atoms with E-state index in [9.17, 15) is 9.90 Å². The summed E-state index contributed by atoms with van der Waals surface area (Å²) in [5, 5.41) is 13.6. The molecule has 0 radical (unpaired) electrons. The minimum Gasteiger partial charge on any atom is -0.466 e. The minimum absolute atomic E-state index is 0.117. The van der Waals surface area contributed by atoms with Gasteiger partial charge >= 0.3 is 0 Å². The smallest absolute Gasteiger partial charge is 0.242 e. The highest BCUT2D eigenvalue weighted by atomic mass is 16.3. The quantitative estimate of drug-likeness (QED) is 0.857. The van der Waals surface area contributed by atoms with Crippen LogP contribution >= 0.6 is 0 Å². The number of aliphatic hydroxyl groups is 1. The van der Waals surface area contributed by atoms with Crippen molar-refractivity contribution in [2.45, 2.75) is 45.3 Å². The summed E-state index contributed by atoms with van der Waals surface area (Å²) in [5.41, 5.74) is -0.496. The Kier molecular flexibility index (Phi) is 4.76. The Bertz CT molecular complexity index is 742. The average Bonchev–Trinajstić information content (AvgIpc) is 3.20. The number of furan rings is 1. The second kappa shape index (κ2) is 6.84. The van der Waals surface area contributed by atoms with Crippen LogP contribution in [-0.4, -0.2) is 40.1 Å². The van der Waals surface area contributed by atoms with Crippen LogP contribution < -0.4 is 10.2 Å². The van der Waals surface area contributed by atoms with Crippen molar-refractivity contribution >= 4 is 11.9 Å². The maximum atomic E-state index is 12.7. The molecule has 3 heterocycles. The Hall–Kier alpha value is -2.41. The lowest BCUT2D eigenvalue weighted by Gasteiger charge is -2.27. The van der Waals surface area contributed by atoms with E-state index in [4.69, 9.17) is 4.42 Å². The number of rotatable bonds is 5. The highest BCUT2D eigenvalue weighted by Crippen LogP contribution is 2.27. The maximum Gasteiger partial charge on any atom is 0.242 e. The lowest BCUT2D eigenvalue weighted by atomic mass is 9.96. The van der Waals surface area contributed by atoms with Crippen molar-refractivity contribution in [3.8, 4) is 0 Å². The summed E-state index contributed by atoms with van der Waals surface area (Å²) in [6.07, 6.45) is 5.00. The van der Waals surface area contributed by atoms with Crippen LogP contribution in [0.2, 0.25) is 0 Å². The zero-order chi connectivity index (χ0) is 18.0. The van der Waals surface area contributed by atoms with Gasteiger partial charge in [0.15, 0.2) is 0 Å². The van der Waals surface area contributed by atoms with Gasteiger partial charge in [-0.15, -0.1) is 0 Å². The second-order valence-electron chi connectivity index (χ2n) is 6.72. The highest BCUT2D eigenvalue weighted by Gasteiger charge is 2.34. The van der Waals surface area contributed by atoms with Crippen LogP contribution in [0, 0.1) is 13.8 Å². The molecule has 2 atom stereocenters. The molecule has 3 rings (SSSR count). The molecule has 2 N–H and O–H groups in total. The Morgan fingerprint density at radius 3 is 2.80 bits per heavy atom. The van der Waals surface area contributed by atoms with E-state index in [2.05, 4.69) is 15.3 Å². The Morgan fingerprint density at radius 1 is 1.44 bits per heavy atom. The summed E-state index contributed by atoms with van der Waals surface area (Å²) in [6.45, 7) is 6.19. The van der Waals surface area contributed by atoms with Crippen molar-refractivity contribution < 1.29 is 14.3 Å². The molecule has 1 aliphatic heterocycles. The van der Waals surface area contributed by atoms with Gasteiger partial charge in [0.2, 0.25) is 11.9 Å². The predicted molar refractivity (Wildman–Crippen MR) is 93.2 cm³/mol. The third kappa shape index (κ3) is 3.66. The fourth-order valence-electron chi connectivity index (χ4n) is 3.36. The number of aryl methyl sites for hydroxylation is 2. The molecule has 0 aliphatic carbocycles. The summed E-state index contributed by atoms with van der Waals surface area (Å²) in [4.78, 5) is 23.0. The monoisotopic (exact) mass is 344 g/mol. The van der Waals surface area contributed by atoms with Gasteiger partial charge in [0.1, 0.15) is 23.2 Å². The van der Waals surface area contributed by atoms with E-state index in [1.54, 1.807) is 31.5 Å². The number of hydrogen-bond acceptors (Lipinski definition) is 6. The number of carbonyl (C=O) groups is 1. The normalized spacial score (nSPS) is 19.7. The Morgan fingerprint density at radius 2 is 2.16 bits per heavy atom. The largest absolute Gasteiger partial charge is 0.466 e. The molecule has 7 heteroatoms. The third-order valence-corrected chi connectivity index (χ3v) is 4.59. The molecule has 0 aromatic carbocycles. The number of nitrogens with zero attached hydrogens (tertiary/aromatic N) is 3. The van der Waals surface area contributed by atoms with Gasteiger partial charge in [-0.25, -0.2) is 9.97 Å². The lowest BCUT2D eigenvalue weighted by molar-refractivity contribution is -0.123. The molecule has 0 spiro atoms. The first-order chi connectivity index (χ1) is 11.9. The minimum atomic E-state index is -1.19. The molecule has 0 bridgehead atoms. The molecule has 1 aliphatic rings. The lowest BCUT2D eigenvalue weighted by Crippen LogP contribution is -2.48. The van der Waals surface area contributed by atoms with E-state index in [-0.39, 0.29) is 18.5 Å². The first-order valence-electron chi connectivity index (χ1n) is 8.50. The molecule has 1 saturated heterocycles. The summed E-state index contributed by atoms with van der Waals surface area (Å²) < 4.78 is 5.48. The van der Waals surface area contributed by atoms with E-state index in [1.807, 2.05) is 18.7 Å². The van der Waals surface area contributed by atoms with Gasteiger partial charge in [0.05, 0.1) is 6.54 Å². The van der Waals surface area contributed by atoms with Crippen molar-refractivity contribution in [2.24, 2.45) is 0 Å². The summed E-state index contributed by atoms with van der Waals surface area (Å²) >= 11 is 0. The topological polar surface area (TPSA) is 91.5 Å². The SMILES string of the molecule is Cc1cc([C@@](C)(O)CNC(=O)[C@@H]2CCCN2c2ncccn2)c(C)o1. The Balaban J connectivity index is 1.66. The van der Waals surface area contributed by atoms with Crippen molar-refractivity contribution in [3.63, 3.8) is 0 Å². The predicted octanol–water partition coefficient (Wildman–Crippen LogP) is 1.68. The van der Waals surface area contributed by atoms with Crippen LogP contribution in [0.3, 0.4) is 0 Å². The second-order valence-corrected chi connectivity index (χ2v) is 6.72. The number of amides is 1. The molecule has 25 heavy (non-hydrogen) atoms. The number of hydrogen-bond donors (Lipinski definition) is 2. The van der Waals surface area contributed by atoms with Crippen molar-refractivity contribution in [2.75, 3.05) is 18.0 Å². The van der Waals surface area contributed by atoms with E-state index in [1.165, 1.54) is 0 Å². The van der Waals surface area contributed by atoms with Crippen molar-refractivity contribution in [3.05, 3.63) is 41.6 Å². The molecule has 0 unspecified atom stereocenters.